The fourth-order valence-corrected chi connectivity index (χ4v) is 1.83. The van der Waals surface area contributed by atoms with Crippen LogP contribution in [0.15, 0.2) is 24.3 Å². The molecule has 1 rings (SSSR count). The first-order valence-corrected chi connectivity index (χ1v) is 7.58. The third-order valence-corrected chi connectivity index (χ3v) is 3.29. The van der Waals surface area contributed by atoms with E-state index >= 15 is 0 Å². The Morgan fingerprint density at radius 1 is 1.10 bits per heavy atom. The molecule has 1 aromatic carbocycles. The molecular weight excluding hydrogens is 264 g/mol. The SMILES string of the molecule is CC[C@H](C)NC(=O)c1ccc(CNC(=O)CC(C)C)cc1. The summed E-state index contributed by atoms with van der Waals surface area (Å²) >= 11 is 0. The monoisotopic (exact) mass is 290 g/mol. The zero-order chi connectivity index (χ0) is 15.8. The van der Waals surface area contributed by atoms with Crippen molar-refractivity contribution in [2.24, 2.45) is 5.92 Å². The van der Waals surface area contributed by atoms with Crippen molar-refractivity contribution in [1.29, 1.82) is 0 Å². The standard InChI is InChI=1S/C17H26N2O2/c1-5-13(4)19-17(21)15-8-6-14(7-9-15)11-18-16(20)10-12(2)3/h6-9,12-13H,5,10-11H2,1-4H3,(H,18,20)(H,19,21)/t13-/m0/s1. The molecule has 0 saturated carbocycles. The van der Waals surface area contributed by atoms with Crippen LogP contribution >= 0.6 is 0 Å². The van der Waals surface area contributed by atoms with Crippen molar-refractivity contribution in [3.63, 3.8) is 0 Å². The summed E-state index contributed by atoms with van der Waals surface area (Å²) in [5.41, 5.74) is 1.64. The van der Waals surface area contributed by atoms with Gasteiger partial charge in [-0.1, -0.05) is 32.9 Å². The first-order valence-electron chi connectivity index (χ1n) is 7.58. The van der Waals surface area contributed by atoms with Gasteiger partial charge in [-0.05, 0) is 37.0 Å². The van der Waals surface area contributed by atoms with Crippen LogP contribution in [0.4, 0.5) is 0 Å². The normalized spacial score (nSPS) is 12.0. The maximum Gasteiger partial charge on any atom is 0.251 e. The van der Waals surface area contributed by atoms with Gasteiger partial charge in [0.25, 0.3) is 5.91 Å². The molecule has 116 valence electrons. The molecule has 0 fully saturated rings. The molecule has 1 aromatic rings. The molecule has 0 heterocycles. The van der Waals surface area contributed by atoms with Gasteiger partial charge in [-0.3, -0.25) is 9.59 Å². The van der Waals surface area contributed by atoms with E-state index in [0.29, 0.717) is 24.4 Å². The summed E-state index contributed by atoms with van der Waals surface area (Å²) in [5.74, 6) is 0.361. The highest BCUT2D eigenvalue weighted by Gasteiger charge is 2.08. The maximum absolute atomic E-state index is 11.9. The van der Waals surface area contributed by atoms with Gasteiger partial charge in [0.1, 0.15) is 0 Å². The number of rotatable bonds is 7. The lowest BCUT2D eigenvalue weighted by molar-refractivity contribution is -0.121. The molecule has 0 radical (unpaired) electrons. The third-order valence-electron chi connectivity index (χ3n) is 3.29. The molecule has 0 bridgehead atoms. The van der Waals surface area contributed by atoms with Crippen LogP contribution in [-0.2, 0) is 11.3 Å². The average Bonchev–Trinajstić information content (AvgIpc) is 2.44. The molecule has 0 aromatic heterocycles. The minimum absolute atomic E-state index is 0.0558. The van der Waals surface area contributed by atoms with E-state index in [9.17, 15) is 9.59 Å². The van der Waals surface area contributed by atoms with Crippen LogP contribution in [0.3, 0.4) is 0 Å². The molecular formula is C17H26N2O2. The molecule has 1 atom stereocenters. The van der Waals surface area contributed by atoms with Gasteiger partial charge in [0.05, 0.1) is 0 Å². The first-order chi connectivity index (χ1) is 9.92. The van der Waals surface area contributed by atoms with Crippen LogP contribution in [0, 0.1) is 5.92 Å². The second-order valence-corrected chi connectivity index (χ2v) is 5.85. The number of carbonyl (C=O) groups excluding carboxylic acids is 2. The van der Waals surface area contributed by atoms with Crippen LogP contribution in [-0.4, -0.2) is 17.9 Å². The van der Waals surface area contributed by atoms with E-state index in [-0.39, 0.29) is 17.9 Å². The van der Waals surface area contributed by atoms with Gasteiger partial charge in [-0.2, -0.15) is 0 Å². The van der Waals surface area contributed by atoms with Gasteiger partial charge in [0.2, 0.25) is 5.91 Å². The van der Waals surface area contributed by atoms with E-state index in [2.05, 4.69) is 10.6 Å². The third kappa shape index (κ3) is 6.43. The Labute approximate surface area is 127 Å². The fourth-order valence-electron chi connectivity index (χ4n) is 1.83. The predicted octanol–water partition coefficient (Wildman–Crippen LogP) is 2.88. The van der Waals surface area contributed by atoms with Crippen molar-refractivity contribution in [2.45, 2.75) is 53.1 Å². The van der Waals surface area contributed by atoms with Crippen LogP contribution < -0.4 is 10.6 Å². The Kier molecular flexibility index (Phi) is 6.92. The summed E-state index contributed by atoms with van der Waals surface area (Å²) < 4.78 is 0. The van der Waals surface area contributed by atoms with Crippen LogP contribution in [0.1, 0.15) is 56.5 Å². The van der Waals surface area contributed by atoms with Crippen LogP contribution in [0.5, 0.6) is 0 Å². The topological polar surface area (TPSA) is 58.2 Å². The number of hydrogen-bond donors (Lipinski definition) is 2. The molecule has 0 unspecified atom stereocenters. The van der Waals surface area contributed by atoms with Gasteiger partial charge >= 0.3 is 0 Å². The van der Waals surface area contributed by atoms with E-state index in [4.69, 9.17) is 0 Å². The highest BCUT2D eigenvalue weighted by molar-refractivity contribution is 5.94. The summed E-state index contributed by atoms with van der Waals surface area (Å²) in [4.78, 5) is 23.5. The lowest BCUT2D eigenvalue weighted by atomic mass is 10.1. The summed E-state index contributed by atoms with van der Waals surface area (Å²) in [7, 11) is 0. The predicted molar refractivity (Wildman–Crippen MR) is 85.0 cm³/mol. The van der Waals surface area contributed by atoms with E-state index in [1.54, 1.807) is 12.1 Å². The van der Waals surface area contributed by atoms with E-state index < -0.39 is 0 Å². The van der Waals surface area contributed by atoms with Crippen LogP contribution in [0.25, 0.3) is 0 Å². The summed E-state index contributed by atoms with van der Waals surface area (Å²) in [6.45, 7) is 8.55. The lowest BCUT2D eigenvalue weighted by Crippen LogP contribution is -2.31. The van der Waals surface area contributed by atoms with E-state index in [1.165, 1.54) is 0 Å². The largest absolute Gasteiger partial charge is 0.352 e. The summed E-state index contributed by atoms with van der Waals surface area (Å²) in [5, 5.41) is 5.81. The molecule has 21 heavy (non-hydrogen) atoms. The van der Waals surface area contributed by atoms with Crippen LogP contribution in [0.2, 0.25) is 0 Å². The average molecular weight is 290 g/mol. The van der Waals surface area contributed by atoms with Crippen molar-refractivity contribution >= 4 is 11.8 Å². The van der Waals surface area contributed by atoms with Gasteiger partial charge in [0, 0.05) is 24.6 Å². The van der Waals surface area contributed by atoms with Gasteiger partial charge in [-0.25, -0.2) is 0 Å². The second kappa shape index (κ2) is 8.45. The Bertz CT molecular complexity index is 466. The lowest BCUT2D eigenvalue weighted by Gasteiger charge is -2.12. The summed E-state index contributed by atoms with van der Waals surface area (Å²) in [6, 6.07) is 7.51. The maximum atomic E-state index is 11.9. The Balaban J connectivity index is 2.50. The minimum Gasteiger partial charge on any atom is -0.352 e. The molecule has 0 spiro atoms. The van der Waals surface area contributed by atoms with E-state index in [1.807, 2.05) is 39.8 Å². The molecule has 0 aliphatic heterocycles. The number of amides is 2. The summed E-state index contributed by atoms with van der Waals surface area (Å²) in [6.07, 6.45) is 1.45. The number of carbonyl (C=O) groups is 2. The minimum atomic E-state index is -0.0558. The molecule has 0 aliphatic rings. The van der Waals surface area contributed by atoms with Gasteiger partial charge < -0.3 is 10.6 Å². The highest BCUT2D eigenvalue weighted by Crippen LogP contribution is 2.06. The van der Waals surface area contributed by atoms with Crippen molar-refractivity contribution in [3.05, 3.63) is 35.4 Å². The van der Waals surface area contributed by atoms with Gasteiger partial charge in [-0.15, -0.1) is 0 Å². The van der Waals surface area contributed by atoms with Crippen molar-refractivity contribution in [3.8, 4) is 0 Å². The van der Waals surface area contributed by atoms with Crippen molar-refractivity contribution in [2.75, 3.05) is 0 Å². The van der Waals surface area contributed by atoms with Crippen molar-refractivity contribution < 1.29 is 9.59 Å². The number of nitrogens with one attached hydrogen (secondary N) is 2. The fraction of sp³-hybridized carbons (Fsp3) is 0.529. The smallest absolute Gasteiger partial charge is 0.251 e. The second-order valence-electron chi connectivity index (χ2n) is 5.85. The molecule has 2 amide bonds. The molecule has 0 aliphatic carbocycles. The Hall–Kier alpha value is -1.84. The number of hydrogen-bond acceptors (Lipinski definition) is 2. The molecule has 0 saturated heterocycles. The zero-order valence-corrected chi connectivity index (χ0v) is 13.4. The first kappa shape index (κ1) is 17.2. The molecule has 4 heteroatoms. The highest BCUT2D eigenvalue weighted by atomic mass is 16.2. The van der Waals surface area contributed by atoms with Crippen molar-refractivity contribution in [1.82, 2.24) is 10.6 Å². The van der Waals surface area contributed by atoms with E-state index in [0.717, 1.165) is 12.0 Å². The zero-order valence-electron chi connectivity index (χ0n) is 13.4. The molecule has 2 N–H and O–H groups in total. The quantitative estimate of drug-likeness (QED) is 0.811. The Morgan fingerprint density at radius 3 is 2.24 bits per heavy atom. The van der Waals surface area contributed by atoms with Gasteiger partial charge in [0.15, 0.2) is 0 Å². The Morgan fingerprint density at radius 2 is 1.71 bits per heavy atom. The molecule has 4 nitrogen and oxygen atoms in total. The number of benzene rings is 1.